The van der Waals surface area contributed by atoms with Crippen molar-refractivity contribution in [3.05, 3.63) is 11.6 Å². The minimum atomic E-state index is -1.28. The predicted molar refractivity (Wildman–Crippen MR) is 44.9 cm³/mol. The Morgan fingerprint density at radius 2 is 2.08 bits per heavy atom. The molecule has 0 aliphatic heterocycles. The van der Waals surface area contributed by atoms with Crippen molar-refractivity contribution in [1.29, 1.82) is 0 Å². The van der Waals surface area contributed by atoms with Crippen LogP contribution in [0.5, 0.6) is 0 Å². The van der Waals surface area contributed by atoms with E-state index >= 15 is 0 Å². The third-order valence-corrected chi connectivity index (χ3v) is 1.56. The summed E-state index contributed by atoms with van der Waals surface area (Å²) in [5.41, 5.74) is 0.244. The third kappa shape index (κ3) is 4.02. The van der Waals surface area contributed by atoms with Crippen LogP contribution in [0.15, 0.2) is 11.6 Å². The first-order valence-corrected chi connectivity index (χ1v) is 3.76. The number of carbonyl (C=O) groups is 1. The molecule has 2 atom stereocenters. The summed E-state index contributed by atoms with van der Waals surface area (Å²) in [5, 5.41) is 26.7. The van der Waals surface area contributed by atoms with E-state index in [0.29, 0.717) is 0 Å². The van der Waals surface area contributed by atoms with Crippen LogP contribution in [-0.4, -0.2) is 47.2 Å². The molecule has 0 rings (SSSR count). The Balaban J connectivity index is 4.31. The van der Waals surface area contributed by atoms with E-state index in [0.717, 1.165) is 6.08 Å². The molecule has 0 heterocycles. The molecule has 0 aromatic heterocycles. The molecule has 2 unspecified atom stereocenters. The van der Waals surface area contributed by atoms with Crippen molar-refractivity contribution in [3.8, 4) is 0 Å². The summed E-state index contributed by atoms with van der Waals surface area (Å²) in [6.45, 7) is 0.897. The van der Waals surface area contributed by atoms with Gasteiger partial charge in [-0.3, -0.25) is 0 Å². The molecular formula is C8H14O5. The van der Waals surface area contributed by atoms with Gasteiger partial charge >= 0.3 is 5.97 Å². The van der Waals surface area contributed by atoms with Gasteiger partial charge in [0, 0.05) is 6.08 Å². The molecule has 13 heavy (non-hydrogen) atoms. The SMILES string of the molecule is COC(=O)C=C(C)C(O)C(O)CO. The second kappa shape index (κ2) is 5.69. The molecular weight excluding hydrogens is 176 g/mol. The zero-order chi connectivity index (χ0) is 10.4. The maximum absolute atomic E-state index is 10.7. The van der Waals surface area contributed by atoms with Gasteiger partial charge in [-0.25, -0.2) is 4.79 Å². The van der Waals surface area contributed by atoms with Crippen LogP contribution in [0.4, 0.5) is 0 Å². The first-order chi connectivity index (χ1) is 6.02. The smallest absolute Gasteiger partial charge is 0.330 e. The molecule has 0 amide bonds. The number of aliphatic hydroxyl groups excluding tert-OH is 3. The summed E-state index contributed by atoms with van der Waals surface area (Å²) in [6, 6.07) is 0. The molecule has 0 saturated heterocycles. The summed E-state index contributed by atoms with van der Waals surface area (Å²) >= 11 is 0. The zero-order valence-electron chi connectivity index (χ0n) is 7.60. The molecule has 0 spiro atoms. The van der Waals surface area contributed by atoms with E-state index in [9.17, 15) is 9.90 Å². The first kappa shape index (κ1) is 12.1. The van der Waals surface area contributed by atoms with E-state index in [1.54, 1.807) is 0 Å². The van der Waals surface area contributed by atoms with E-state index in [1.165, 1.54) is 14.0 Å². The maximum atomic E-state index is 10.7. The van der Waals surface area contributed by atoms with Gasteiger partial charge in [0.15, 0.2) is 0 Å². The largest absolute Gasteiger partial charge is 0.466 e. The zero-order valence-corrected chi connectivity index (χ0v) is 7.60. The van der Waals surface area contributed by atoms with Crippen molar-refractivity contribution >= 4 is 5.97 Å². The third-order valence-electron chi connectivity index (χ3n) is 1.56. The van der Waals surface area contributed by atoms with Crippen molar-refractivity contribution in [2.75, 3.05) is 13.7 Å². The Bertz CT molecular complexity index is 199. The van der Waals surface area contributed by atoms with Crippen LogP contribution < -0.4 is 0 Å². The number of ether oxygens (including phenoxy) is 1. The van der Waals surface area contributed by atoms with Gasteiger partial charge in [-0.1, -0.05) is 0 Å². The van der Waals surface area contributed by atoms with Crippen molar-refractivity contribution in [3.63, 3.8) is 0 Å². The minimum Gasteiger partial charge on any atom is -0.466 e. The van der Waals surface area contributed by atoms with E-state index < -0.39 is 24.8 Å². The molecule has 0 fully saturated rings. The Hall–Kier alpha value is -0.910. The second-order valence-corrected chi connectivity index (χ2v) is 2.61. The average Bonchev–Trinajstić information content (AvgIpc) is 2.14. The lowest BCUT2D eigenvalue weighted by Crippen LogP contribution is -2.30. The highest BCUT2D eigenvalue weighted by Crippen LogP contribution is 2.05. The van der Waals surface area contributed by atoms with Crippen molar-refractivity contribution in [2.24, 2.45) is 0 Å². The fourth-order valence-electron chi connectivity index (χ4n) is 0.734. The van der Waals surface area contributed by atoms with Crippen molar-refractivity contribution in [2.45, 2.75) is 19.1 Å². The molecule has 0 saturated carbocycles. The number of methoxy groups -OCH3 is 1. The van der Waals surface area contributed by atoms with Gasteiger partial charge < -0.3 is 20.1 Å². The molecule has 0 radical (unpaired) electrons. The van der Waals surface area contributed by atoms with Gasteiger partial charge in [0.1, 0.15) is 12.2 Å². The quantitative estimate of drug-likeness (QED) is 0.383. The van der Waals surface area contributed by atoms with Crippen LogP contribution in [0.25, 0.3) is 0 Å². The maximum Gasteiger partial charge on any atom is 0.330 e. The minimum absolute atomic E-state index is 0.244. The van der Waals surface area contributed by atoms with E-state index in [1.807, 2.05) is 0 Å². The highest BCUT2D eigenvalue weighted by Gasteiger charge is 2.17. The van der Waals surface area contributed by atoms with Crippen LogP contribution >= 0.6 is 0 Å². The fourth-order valence-corrected chi connectivity index (χ4v) is 0.734. The summed E-state index contributed by atoms with van der Waals surface area (Å²) in [4.78, 5) is 10.7. The van der Waals surface area contributed by atoms with Crippen molar-refractivity contribution < 1.29 is 24.9 Å². The van der Waals surface area contributed by atoms with Crippen LogP contribution in [0.1, 0.15) is 6.92 Å². The number of aliphatic hydroxyl groups is 3. The Kier molecular flexibility index (Phi) is 5.29. The summed E-state index contributed by atoms with van der Waals surface area (Å²) in [6.07, 6.45) is -1.46. The molecule has 3 N–H and O–H groups in total. The highest BCUT2D eigenvalue weighted by molar-refractivity contribution is 5.82. The van der Waals surface area contributed by atoms with Crippen molar-refractivity contribution in [1.82, 2.24) is 0 Å². The van der Waals surface area contributed by atoms with Gasteiger partial charge in [-0.15, -0.1) is 0 Å². The topological polar surface area (TPSA) is 87.0 Å². The van der Waals surface area contributed by atoms with Crippen LogP contribution in [-0.2, 0) is 9.53 Å². The number of esters is 1. The average molecular weight is 190 g/mol. The van der Waals surface area contributed by atoms with Gasteiger partial charge in [0.2, 0.25) is 0 Å². The Morgan fingerprint density at radius 1 is 1.54 bits per heavy atom. The molecule has 76 valence electrons. The number of hydrogen-bond donors (Lipinski definition) is 3. The normalized spacial score (nSPS) is 16.5. The van der Waals surface area contributed by atoms with Gasteiger partial charge in [-0.2, -0.15) is 0 Å². The molecule has 0 bridgehead atoms. The standard InChI is InChI=1S/C8H14O5/c1-5(3-7(11)13-2)8(12)6(10)4-9/h3,6,8-10,12H,4H2,1-2H3. The molecule has 0 aliphatic rings. The Labute approximate surface area is 76.3 Å². The first-order valence-electron chi connectivity index (χ1n) is 3.76. The lowest BCUT2D eigenvalue weighted by molar-refractivity contribution is -0.135. The van der Waals surface area contributed by atoms with Gasteiger partial charge in [0.05, 0.1) is 13.7 Å². The molecule has 0 aromatic carbocycles. The highest BCUT2D eigenvalue weighted by atomic mass is 16.5. The number of hydrogen-bond acceptors (Lipinski definition) is 5. The molecule has 0 aromatic rings. The Morgan fingerprint density at radius 3 is 2.46 bits per heavy atom. The van der Waals surface area contributed by atoms with E-state index in [4.69, 9.17) is 10.2 Å². The lowest BCUT2D eigenvalue weighted by atomic mass is 10.1. The van der Waals surface area contributed by atoms with Crippen LogP contribution in [0, 0.1) is 0 Å². The molecule has 0 aliphatic carbocycles. The van der Waals surface area contributed by atoms with Gasteiger partial charge in [-0.05, 0) is 12.5 Å². The number of rotatable bonds is 4. The van der Waals surface area contributed by atoms with E-state index in [-0.39, 0.29) is 5.57 Å². The van der Waals surface area contributed by atoms with Crippen LogP contribution in [0.2, 0.25) is 0 Å². The predicted octanol–water partition coefficient (Wildman–Crippen LogP) is -1.18. The van der Waals surface area contributed by atoms with Crippen LogP contribution in [0.3, 0.4) is 0 Å². The fraction of sp³-hybridized carbons (Fsp3) is 0.625. The summed E-state index contributed by atoms with van der Waals surface area (Å²) in [7, 11) is 1.21. The second-order valence-electron chi connectivity index (χ2n) is 2.61. The molecule has 5 heteroatoms. The summed E-state index contributed by atoms with van der Waals surface area (Å²) < 4.78 is 4.31. The number of carbonyl (C=O) groups excluding carboxylic acids is 1. The van der Waals surface area contributed by atoms with E-state index in [2.05, 4.69) is 4.74 Å². The summed E-state index contributed by atoms with van der Waals surface area (Å²) in [5.74, 6) is -0.610. The lowest BCUT2D eigenvalue weighted by Gasteiger charge is -2.15. The molecule has 5 nitrogen and oxygen atoms in total. The monoisotopic (exact) mass is 190 g/mol. The van der Waals surface area contributed by atoms with Gasteiger partial charge in [0.25, 0.3) is 0 Å².